The summed E-state index contributed by atoms with van der Waals surface area (Å²) in [6.07, 6.45) is 1.28. The lowest BCUT2D eigenvalue weighted by molar-refractivity contribution is -0.116. The van der Waals surface area contributed by atoms with Crippen molar-refractivity contribution < 1.29 is 4.79 Å². The van der Waals surface area contributed by atoms with Crippen molar-refractivity contribution in [3.05, 3.63) is 84.6 Å². The summed E-state index contributed by atoms with van der Waals surface area (Å²) in [4.78, 5) is 11.6. The fourth-order valence-electron chi connectivity index (χ4n) is 2.67. The molecule has 120 valence electrons. The van der Waals surface area contributed by atoms with E-state index in [1.165, 1.54) is 6.08 Å². The molecular weight excluding hydrogens is 298 g/mol. The van der Waals surface area contributed by atoms with E-state index in [9.17, 15) is 4.79 Å². The highest BCUT2D eigenvalue weighted by molar-refractivity contribution is 5.87. The van der Waals surface area contributed by atoms with Crippen molar-refractivity contribution >= 4 is 5.91 Å². The number of nitrogens with one attached hydrogen (secondary N) is 1. The topological polar surface area (TPSA) is 46.9 Å². The lowest BCUT2D eigenvalue weighted by atomic mass is 10.1. The molecule has 24 heavy (non-hydrogen) atoms. The number of carbonyl (C=O) groups is 1. The van der Waals surface area contributed by atoms with Crippen molar-refractivity contribution in [1.29, 1.82) is 0 Å². The molecule has 0 aliphatic heterocycles. The molecule has 0 unspecified atom stereocenters. The van der Waals surface area contributed by atoms with Crippen LogP contribution in [0.2, 0.25) is 0 Å². The van der Waals surface area contributed by atoms with Crippen molar-refractivity contribution in [1.82, 2.24) is 15.1 Å². The fourth-order valence-corrected chi connectivity index (χ4v) is 2.67. The molecule has 1 N–H and O–H groups in total. The monoisotopic (exact) mass is 317 g/mol. The van der Waals surface area contributed by atoms with Crippen LogP contribution < -0.4 is 5.32 Å². The van der Waals surface area contributed by atoms with Crippen LogP contribution in [0.15, 0.2) is 73.3 Å². The molecule has 0 atom stereocenters. The lowest BCUT2D eigenvalue weighted by Crippen LogP contribution is -2.20. The first-order valence-corrected chi connectivity index (χ1v) is 7.80. The van der Waals surface area contributed by atoms with Crippen LogP contribution in [0.25, 0.3) is 16.9 Å². The minimum Gasteiger partial charge on any atom is -0.348 e. The third-order valence-corrected chi connectivity index (χ3v) is 3.86. The highest BCUT2D eigenvalue weighted by atomic mass is 16.1. The number of carbonyl (C=O) groups excluding carboxylic acids is 1. The van der Waals surface area contributed by atoms with Gasteiger partial charge in [-0.2, -0.15) is 5.10 Å². The Hall–Kier alpha value is -3.14. The van der Waals surface area contributed by atoms with Crippen LogP contribution in [-0.2, 0) is 11.3 Å². The predicted octanol–water partition coefficient (Wildman–Crippen LogP) is 3.65. The summed E-state index contributed by atoms with van der Waals surface area (Å²) < 4.78 is 1.93. The molecule has 4 nitrogen and oxygen atoms in total. The molecule has 0 aliphatic rings. The van der Waals surface area contributed by atoms with Crippen LogP contribution >= 0.6 is 0 Å². The second kappa shape index (κ2) is 6.96. The maximum atomic E-state index is 11.6. The van der Waals surface area contributed by atoms with Crippen molar-refractivity contribution in [3.63, 3.8) is 0 Å². The molecule has 1 aromatic heterocycles. The molecule has 0 saturated carbocycles. The van der Waals surface area contributed by atoms with Gasteiger partial charge in [-0.25, -0.2) is 4.68 Å². The molecule has 0 fully saturated rings. The molecule has 0 spiro atoms. The molecule has 0 radical (unpaired) electrons. The van der Waals surface area contributed by atoms with Gasteiger partial charge in [0.25, 0.3) is 0 Å². The number of hydrogen-bond acceptors (Lipinski definition) is 2. The van der Waals surface area contributed by atoms with Crippen LogP contribution in [0.4, 0.5) is 0 Å². The molecule has 4 heteroatoms. The number of rotatable bonds is 5. The second-order valence-corrected chi connectivity index (χ2v) is 5.45. The zero-order valence-corrected chi connectivity index (χ0v) is 13.6. The van der Waals surface area contributed by atoms with E-state index in [0.29, 0.717) is 6.54 Å². The molecule has 0 aliphatic carbocycles. The van der Waals surface area contributed by atoms with E-state index >= 15 is 0 Å². The zero-order chi connectivity index (χ0) is 16.9. The summed E-state index contributed by atoms with van der Waals surface area (Å²) in [5, 5.41) is 7.55. The summed E-state index contributed by atoms with van der Waals surface area (Å²) in [7, 11) is 0. The largest absolute Gasteiger partial charge is 0.348 e. The molecule has 3 aromatic rings. The van der Waals surface area contributed by atoms with Gasteiger partial charge in [0.2, 0.25) is 5.91 Å². The summed E-state index contributed by atoms with van der Waals surface area (Å²) >= 11 is 0. The van der Waals surface area contributed by atoms with Crippen molar-refractivity contribution in [3.8, 4) is 16.9 Å². The summed E-state index contributed by atoms with van der Waals surface area (Å²) in [5.74, 6) is -0.194. The number of nitrogens with zero attached hydrogens (tertiary/aromatic N) is 2. The molecule has 1 amide bonds. The van der Waals surface area contributed by atoms with Gasteiger partial charge in [-0.1, -0.05) is 55.1 Å². The minimum absolute atomic E-state index is 0.194. The number of para-hydroxylation sites is 1. The molecule has 1 heterocycles. The first-order chi connectivity index (χ1) is 11.7. The Balaban J connectivity index is 2.13. The Bertz CT molecular complexity index is 851. The van der Waals surface area contributed by atoms with E-state index in [-0.39, 0.29) is 5.91 Å². The second-order valence-electron chi connectivity index (χ2n) is 5.45. The Kier molecular flexibility index (Phi) is 4.57. The molecular formula is C20H19N3O. The Morgan fingerprint density at radius 3 is 2.38 bits per heavy atom. The first kappa shape index (κ1) is 15.7. The summed E-state index contributed by atoms with van der Waals surface area (Å²) in [5.41, 5.74) is 4.93. The van der Waals surface area contributed by atoms with Crippen LogP contribution in [0.5, 0.6) is 0 Å². The van der Waals surface area contributed by atoms with Gasteiger partial charge in [0, 0.05) is 17.7 Å². The molecule has 3 rings (SSSR count). The van der Waals surface area contributed by atoms with Gasteiger partial charge in [0.15, 0.2) is 0 Å². The van der Waals surface area contributed by atoms with Crippen LogP contribution in [0.1, 0.15) is 11.3 Å². The van der Waals surface area contributed by atoms with E-state index in [0.717, 1.165) is 28.2 Å². The van der Waals surface area contributed by atoms with Crippen LogP contribution in [0, 0.1) is 6.92 Å². The fraction of sp³-hybridized carbons (Fsp3) is 0.100. The molecule has 0 bridgehead atoms. The highest BCUT2D eigenvalue weighted by Gasteiger charge is 2.18. The third-order valence-electron chi connectivity index (χ3n) is 3.86. The lowest BCUT2D eigenvalue weighted by Gasteiger charge is -2.10. The van der Waals surface area contributed by atoms with E-state index in [1.807, 2.05) is 60.1 Å². The van der Waals surface area contributed by atoms with E-state index in [2.05, 4.69) is 24.0 Å². The number of benzene rings is 2. The van der Waals surface area contributed by atoms with Crippen LogP contribution in [-0.4, -0.2) is 15.7 Å². The van der Waals surface area contributed by atoms with Gasteiger partial charge in [-0.15, -0.1) is 0 Å². The third kappa shape index (κ3) is 3.13. The maximum absolute atomic E-state index is 11.6. The standard InChI is InChI=1S/C20H19N3O/c1-3-19(24)21-14-18-15(2)22-23(17-12-8-5-9-13-17)20(18)16-10-6-4-7-11-16/h3-13H,1,14H2,2H3,(H,21,24). The zero-order valence-electron chi connectivity index (χ0n) is 13.6. The summed E-state index contributed by atoms with van der Waals surface area (Å²) in [6, 6.07) is 20.1. The normalized spacial score (nSPS) is 10.4. The maximum Gasteiger partial charge on any atom is 0.243 e. The highest BCUT2D eigenvalue weighted by Crippen LogP contribution is 2.28. The molecule has 2 aromatic carbocycles. The van der Waals surface area contributed by atoms with Crippen molar-refractivity contribution in [2.75, 3.05) is 0 Å². The van der Waals surface area contributed by atoms with Crippen LogP contribution in [0.3, 0.4) is 0 Å². The van der Waals surface area contributed by atoms with Crippen molar-refractivity contribution in [2.45, 2.75) is 13.5 Å². The van der Waals surface area contributed by atoms with Gasteiger partial charge < -0.3 is 5.32 Å². The molecule has 0 saturated heterocycles. The number of aryl methyl sites for hydroxylation is 1. The Morgan fingerprint density at radius 1 is 1.12 bits per heavy atom. The van der Waals surface area contributed by atoms with Gasteiger partial charge >= 0.3 is 0 Å². The SMILES string of the molecule is C=CC(=O)NCc1c(C)nn(-c2ccccc2)c1-c1ccccc1. The smallest absolute Gasteiger partial charge is 0.243 e. The average Bonchev–Trinajstić information content (AvgIpc) is 2.97. The van der Waals surface area contributed by atoms with E-state index in [1.54, 1.807) is 0 Å². The number of hydrogen-bond donors (Lipinski definition) is 1. The Labute approximate surface area is 141 Å². The first-order valence-electron chi connectivity index (χ1n) is 7.80. The van der Waals surface area contributed by atoms with Gasteiger partial charge in [0.05, 0.1) is 17.1 Å². The van der Waals surface area contributed by atoms with Gasteiger partial charge in [0.1, 0.15) is 0 Å². The predicted molar refractivity (Wildman–Crippen MR) is 95.8 cm³/mol. The Morgan fingerprint density at radius 2 is 1.75 bits per heavy atom. The van der Waals surface area contributed by atoms with Gasteiger partial charge in [-0.05, 0) is 25.1 Å². The minimum atomic E-state index is -0.194. The number of amides is 1. The van der Waals surface area contributed by atoms with E-state index in [4.69, 9.17) is 5.10 Å². The number of aromatic nitrogens is 2. The summed E-state index contributed by atoms with van der Waals surface area (Å²) in [6.45, 7) is 5.87. The van der Waals surface area contributed by atoms with Gasteiger partial charge in [-0.3, -0.25) is 4.79 Å². The van der Waals surface area contributed by atoms with Crippen molar-refractivity contribution in [2.24, 2.45) is 0 Å². The average molecular weight is 317 g/mol. The van der Waals surface area contributed by atoms with E-state index < -0.39 is 0 Å². The quantitative estimate of drug-likeness (QED) is 0.730.